The normalized spacial score (nSPS) is 11.8. The Labute approximate surface area is 104 Å². The van der Waals surface area contributed by atoms with E-state index in [0.29, 0.717) is 13.0 Å². The molecule has 100 valence electrons. The number of nitrogens with one attached hydrogen (secondary N) is 2. The average Bonchev–Trinajstić information content (AvgIpc) is 2.81. The van der Waals surface area contributed by atoms with Crippen LogP contribution in [0.1, 0.15) is 12.2 Å². The number of hydrogen-bond acceptors (Lipinski definition) is 4. The predicted octanol–water partition coefficient (Wildman–Crippen LogP) is -0.0431. The van der Waals surface area contributed by atoms with Crippen LogP contribution in [0.4, 0.5) is 4.79 Å². The number of aliphatic hydroxyl groups excluding tert-OH is 1. The first kappa shape index (κ1) is 14.0. The fourth-order valence-corrected chi connectivity index (χ4v) is 1.35. The highest BCUT2D eigenvalue weighted by molar-refractivity contribution is 5.82. The minimum Gasteiger partial charge on any atom is -0.480 e. The van der Waals surface area contributed by atoms with Crippen molar-refractivity contribution in [2.45, 2.75) is 18.9 Å². The Kier molecular flexibility index (Phi) is 5.72. The maximum absolute atomic E-state index is 11.4. The number of furan rings is 1. The number of aliphatic carboxylic acids is 1. The van der Waals surface area contributed by atoms with Crippen molar-refractivity contribution in [3.8, 4) is 0 Å². The van der Waals surface area contributed by atoms with E-state index in [9.17, 15) is 9.59 Å². The summed E-state index contributed by atoms with van der Waals surface area (Å²) in [5, 5.41) is 22.2. The van der Waals surface area contributed by atoms with Gasteiger partial charge in [0.1, 0.15) is 11.8 Å². The molecule has 0 spiro atoms. The molecule has 0 saturated heterocycles. The Bertz CT molecular complexity index is 377. The van der Waals surface area contributed by atoms with Gasteiger partial charge in [-0.15, -0.1) is 0 Å². The molecule has 18 heavy (non-hydrogen) atoms. The quantitative estimate of drug-likeness (QED) is 0.546. The molecule has 7 nitrogen and oxygen atoms in total. The van der Waals surface area contributed by atoms with E-state index in [1.54, 1.807) is 12.1 Å². The van der Waals surface area contributed by atoms with E-state index < -0.39 is 18.0 Å². The molecule has 0 aliphatic rings. The summed E-state index contributed by atoms with van der Waals surface area (Å²) >= 11 is 0. The van der Waals surface area contributed by atoms with Crippen molar-refractivity contribution in [1.82, 2.24) is 10.6 Å². The topological polar surface area (TPSA) is 112 Å². The molecule has 0 radical (unpaired) electrons. The first-order valence-corrected chi connectivity index (χ1v) is 5.54. The summed E-state index contributed by atoms with van der Waals surface area (Å²) < 4.78 is 5.07. The lowest BCUT2D eigenvalue weighted by molar-refractivity contribution is -0.139. The zero-order valence-electron chi connectivity index (χ0n) is 9.76. The van der Waals surface area contributed by atoms with Gasteiger partial charge in [0.25, 0.3) is 0 Å². The van der Waals surface area contributed by atoms with Crippen LogP contribution in [0, 0.1) is 0 Å². The zero-order chi connectivity index (χ0) is 13.4. The summed E-state index contributed by atoms with van der Waals surface area (Å²) in [6.07, 6.45) is 2.04. The summed E-state index contributed by atoms with van der Waals surface area (Å²) in [5.41, 5.74) is 0. The molecule has 1 atom stereocenters. The SMILES string of the molecule is O=C(NCCc1ccco1)N[C@H](CCO)C(=O)O. The second-order valence-corrected chi connectivity index (χ2v) is 3.63. The molecule has 1 aromatic rings. The molecule has 4 N–H and O–H groups in total. The van der Waals surface area contributed by atoms with E-state index in [-0.39, 0.29) is 13.0 Å². The molecule has 1 rings (SSSR count). The van der Waals surface area contributed by atoms with Gasteiger partial charge in [-0.3, -0.25) is 0 Å². The first-order chi connectivity index (χ1) is 8.63. The third kappa shape index (κ3) is 4.88. The highest BCUT2D eigenvalue weighted by Crippen LogP contribution is 1.99. The number of carbonyl (C=O) groups is 2. The molecule has 1 aromatic heterocycles. The van der Waals surface area contributed by atoms with Gasteiger partial charge in [0.2, 0.25) is 0 Å². The number of rotatable bonds is 7. The summed E-state index contributed by atoms with van der Waals surface area (Å²) in [5.74, 6) is -0.439. The monoisotopic (exact) mass is 256 g/mol. The lowest BCUT2D eigenvalue weighted by Gasteiger charge is -2.13. The Balaban J connectivity index is 2.25. The molecule has 0 aliphatic carbocycles. The Morgan fingerprint density at radius 3 is 2.78 bits per heavy atom. The molecule has 0 bridgehead atoms. The van der Waals surface area contributed by atoms with E-state index in [0.717, 1.165) is 5.76 Å². The van der Waals surface area contributed by atoms with E-state index in [2.05, 4.69) is 10.6 Å². The van der Waals surface area contributed by atoms with Crippen molar-refractivity contribution in [2.24, 2.45) is 0 Å². The van der Waals surface area contributed by atoms with Crippen molar-refractivity contribution in [3.63, 3.8) is 0 Å². The molecule has 0 aromatic carbocycles. The van der Waals surface area contributed by atoms with Gasteiger partial charge in [-0.2, -0.15) is 0 Å². The fraction of sp³-hybridized carbons (Fsp3) is 0.455. The summed E-state index contributed by atoms with van der Waals surface area (Å²) in [6.45, 7) is 0.0362. The van der Waals surface area contributed by atoms with E-state index in [4.69, 9.17) is 14.6 Å². The van der Waals surface area contributed by atoms with Crippen LogP contribution in [-0.2, 0) is 11.2 Å². The molecule has 0 aliphatic heterocycles. The van der Waals surface area contributed by atoms with Crippen molar-refractivity contribution in [1.29, 1.82) is 0 Å². The second-order valence-electron chi connectivity index (χ2n) is 3.63. The van der Waals surface area contributed by atoms with E-state index in [1.807, 2.05) is 0 Å². The van der Waals surface area contributed by atoms with Crippen molar-refractivity contribution in [3.05, 3.63) is 24.2 Å². The number of hydrogen-bond donors (Lipinski definition) is 4. The fourth-order valence-electron chi connectivity index (χ4n) is 1.35. The van der Waals surface area contributed by atoms with E-state index in [1.165, 1.54) is 6.26 Å². The number of amides is 2. The van der Waals surface area contributed by atoms with Crippen molar-refractivity contribution >= 4 is 12.0 Å². The first-order valence-electron chi connectivity index (χ1n) is 5.54. The van der Waals surface area contributed by atoms with Gasteiger partial charge < -0.3 is 25.3 Å². The van der Waals surface area contributed by atoms with Gasteiger partial charge in [0.15, 0.2) is 0 Å². The molecule has 0 unspecified atom stereocenters. The van der Waals surface area contributed by atoms with Crippen LogP contribution < -0.4 is 10.6 Å². The number of aliphatic hydroxyl groups is 1. The summed E-state index contributed by atoms with van der Waals surface area (Å²) in [4.78, 5) is 22.1. The Morgan fingerprint density at radius 2 is 2.22 bits per heavy atom. The molecule has 2 amide bonds. The van der Waals surface area contributed by atoms with Gasteiger partial charge in [0.05, 0.1) is 6.26 Å². The van der Waals surface area contributed by atoms with Crippen LogP contribution in [0.2, 0.25) is 0 Å². The summed E-state index contributed by atoms with van der Waals surface area (Å²) in [6, 6.07) is 1.86. The number of urea groups is 1. The smallest absolute Gasteiger partial charge is 0.326 e. The lowest BCUT2D eigenvalue weighted by Crippen LogP contribution is -2.46. The molecule has 1 heterocycles. The Morgan fingerprint density at radius 1 is 1.44 bits per heavy atom. The van der Waals surface area contributed by atoms with Crippen LogP contribution in [0.5, 0.6) is 0 Å². The average molecular weight is 256 g/mol. The van der Waals surface area contributed by atoms with Gasteiger partial charge in [-0.05, 0) is 12.1 Å². The standard InChI is InChI=1S/C11H16N2O5/c14-6-4-9(10(15)16)13-11(17)12-5-3-8-2-1-7-18-8/h1-2,7,9,14H,3-6H2,(H,15,16)(H2,12,13,17)/t9-/m1/s1. The second kappa shape index (κ2) is 7.33. The maximum atomic E-state index is 11.4. The van der Waals surface area contributed by atoms with Gasteiger partial charge in [0, 0.05) is 26.0 Å². The van der Waals surface area contributed by atoms with E-state index >= 15 is 0 Å². The largest absolute Gasteiger partial charge is 0.480 e. The highest BCUT2D eigenvalue weighted by atomic mass is 16.4. The lowest BCUT2D eigenvalue weighted by atomic mass is 10.2. The van der Waals surface area contributed by atoms with Crippen LogP contribution >= 0.6 is 0 Å². The minimum atomic E-state index is -1.18. The van der Waals surface area contributed by atoms with Crippen molar-refractivity contribution < 1.29 is 24.2 Å². The van der Waals surface area contributed by atoms with Crippen LogP contribution in [-0.4, -0.2) is 41.4 Å². The molecular weight excluding hydrogens is 240 g/mol. The number of carboxylic acids is 1. The maximum Gasteiger partial charge on any atom is 0.326 e. The molecular formula is C11H16N2O5. The third-order valence-corrected chi connectivity index (χ3v) is 2.26. The number of carboxylic acid groups (broad SMARTS) is 1. The zero-order valence-corrected chi connectivity index (χ0v) is 9.76. The van der Waals surface area contributed by atoms with Gasteiger partial charge in [-0.1, -0.05) is 0 Å². The number of carbonyl (C=O) groups excluding carboxylic acids is 1. The predicted molar refractivity (Wildman–Crippen MR) is 62.1 cm³/mol. The van der Waals surface area contributed by atoms with Crippen LogP contribution in [0.25, 0.3) is 0 Å². The molecule has 0 saturated carbocycles. The van der Waals surface area contributed by atoms with Crippen LogP contribution in [0.3, 0.4) is 0 Å². The van der Waals surface area contributed by atoms with Crippen molar-refractivity contribution in [2.75, 3.05) is 13.2 Å². The third-order valence-electron chi connectivity index (χ3n) is 2.26. The summed E-state index contributed by atoms with van der Waals surface area (Å²) in [7, 11) is 0. The Hall–Kier alpha value is -2.02. The van der Waals surface area contributed by atoms with Gasteiger partial charge >= 0.3 is 12.0 Å². The van der Waals surface area contributed by atoms with Gasteiger partial charge in [-0.25, -0.2) is 9.59 Å². The molecule has 7 heteroatoms. The highest BCUT2D eigenvalue weighted by Gasteiger charge is 2.18. The minimum absolute atomic E-state index is 0.0268. The van der Waals surface area contributed by atoms with Crippen LogP contribution in [0.15, 0.2) is 22.8 Å². The molecule has 0 fully saturated rings.